The van der Waals surface area contributed by atoms with Crippen molar-refractivity contribution < 1.29 is 14.3 Å². The van der Waals surface area contributed by atoms with Gasteiger partial charge in [0.1, 0.15) is 5.75 Å². The topological polar surface area (TPSA) is 61.9 Å². The van der Waals surface area contributed by atoms with Crippen molar-refractivity contribution in [3.05, 3.63) is 29.8 Å². The van der Waals surface area contributed by atoms with Gasteiger partial charge in [0.05, 0.1) is 0 Å². The van der Waals surface area contributed by atoms with Crippen LogP contribution in [0.2, 0.25) is 0 Å². The Balaban J connectivity index is 0.00000338. The molecule has 1 aliphatic rings. The maximum absolute atomic E-state index is 12.6. The maximum Gasteiger partial charge on any atom is 0.263 e. The number of ether oxygens (including phenoxy) is 1. The van der Waals surface area contributed by atoms with Gasteiger partial charge in [0, 0.05) is 32.6 Å². The molecule has 1 unspecified atom stereocenters. The lowest BCUT2D eigenvalue weighted by Crippen LogP contribution is -2.53. The normalized spacial score (nSPS) is 15.2. The van der Waals surface area contributed by atoms with Crippen molar-refractivity contribution >= 4 is 24.2 Å². The first-order chi connectivity index (χ1) is 12.0. The molecule has 146 valence electrons. The van der Waals surface area contributed by atoms with Crippen molar-refractivity contribution in [1.82, 2.24) is 15.1 Å². The number of hydrogen-bond acceptors (Lipinski definition) is 4. The van der Waals surface area contributed by atoms with E-state index in [1.54, 1.807) is 11.8 Å². The number of halogens is 1. The lowest BCUT2D eigenvalue weighted by Gasteiger charge is -2.36. The number of carbonyl (C=O) groups is 2. The van der Waals surface area contributed by atoms with Gasteiger partial charge in [0.15, 0.2) is 6.10 Å². The summed E-state index contributed by atoms with van der Waals surface area (Å²) in [6.07, 6.45) is 0.871. The monoisotopic (exact) mass is 383 g/mol. The number of amides is 2. The zero-order valence-corrected chi connectivity index (χ0v) is 16.7. The summed E-state index contributed by atoms with van der Waals surface area (Å²) in [6.45, 7) is 6.92. The highest BCUT2D eigenvalue weighted by Gasteiger charge is 2.27. The van der Waals surface area contributed by atoms with Gasteiger partial charge in [0.25, 0.3) is 5.91 Å². The first kappa shape index (κ1) is 22.3. The lowest BCUT2D eigenvalue weighted by molar-refractivity contribution is -0.143. The van der Waals surface area contributed by atoms with E-state index in [1.807, 2.05) is 43.1 Å². The summed E-state index contributed by atoms with van der Waals surface area (Å²) in [7, 11) is 1.88. The van der Waals surface area contributed by atoms with E-state index < -0.39 is 6.10 Å². The van der Waals surface area contributed by atoms with E-state index >= 15 is 0 Å². The van der Waals surface area contributed by atoms with Gasteiger partial charge in [-0.1, -0.05) is 18.2 Å². The summed E-state index contributed by atoms with van der Waals surface area (Å²) in [5.41, 5.74) is 1.01. The van der Waals surface area contributed by atoms with E-state index in [1.165, 1.54) is 0 Å². The van der Waals surface area contributed by atoms with Gasteiger partial charge < -0.3 is 19.9 Å². The summed E-state index contributed by atoms with van der Waals surface area (Å²) in [5.74, 6) is 0.888. The zero-order valence-electron chi connectivity index (χ0n) is 15.9. The quantitative estimate of drug-likeness (QED) is 0.730. The highest BCUT2D eigenvalue weighted by atomic mass is 35.5. The second kappa shape index (κ2) is 11.0. The Hall–Kier alpha value is -1.79. The molecule has 1 atom stereocenters. The molecule has 1 aliphatic heterocycles. The molecular weight excluding hydrogens is 354 g/mol. The Bertz CT molecular complexity index is 589. The third-order valence-electron chi connectivity index (χ3n) is 4.51. The average molecular weight is 384 g/mol. The molecule has 2 amide bonds. The molecule has 0 saturated carbocycles. The first-order valence-electron chi connectivity index (χ1n) is 8.96. The average Bonchev–Trinajstić information content (AvgIpc) is 2.63. The van der Waals surface area contributed by atoms with Gasteiger partial charge in [-0.15, -0.1) is 12.4 Å². The van der Waals surface area contributed by atoms with Crippen molar-refractivity contribution in [1.29, 1.82) is 0 Å². The fraction of sp³-hybridized carbons (Fsp3) is 0.579. The Morgan fingerprint density at radius 3 is 2.38 bits per heavy atom. The third kappa shape index (κ3) is 6.18. The summed E-state index contributed by atoms with van der Waals surface area (Å²) >= 11 is 0. The van der Waals surface area contributed by atoms with Gasteiger partial charge in [0.2, 0.25) is 5.91 Å². The predicted molar refractivity (Wildman–Crippen MR) is 105 cm³/mol. The molecule has 7 heteroatoms. The van der Waals surface area contributed by atoms with Crippen LogP contribution < -0.4 is 10.1 Å². The molecule has 1 fully saturated rings. The SMILES string of the molecule is CNCCCC(=O)N1CCN(C(=O)C(C)Oc2ccccc2C)CC1.Cl. The van der Waals surface area contributed by atoms with Crippen LogP contribution in [-0.2, 0) is 9.59 Å². The molecule has 0 bridgehead atoms. The molecule has 1 aromatic rings. The van der Waals surface area contributed by atoms with Crippen LogP contribution >= 0.6 is 12.4 Å². The van der Waals surface area contributed by atoms with Crippen LogP contribution in [0.25, 0.3) is 0 Å². The number of para-hydroxylation sites is 1. The number of nitrogens with one attached hydrogen (secondary N) is 1. The van der Waals surface area contributed by atoms with Crippen LogP contribution in [0.3, 0.4) is 0 Å². The number of piperazine rings is 1. The van der Waals surface area contributed by atoms with Crippen molar-refractivity contribution in [3.8, 4) is 5.75 Å². The van der Waals surface area contributed by atoms with Crippen LogP contribution in [0.15, 0.2) is 24.3 Å². The van der Waals surface area contributed by atoms with Gasteiger partial charge in [-0.25, -0.2) is 0 Å². The minimum atomic E-state index is -0.529. The van der Waals surface area contributed by atoms with Gasteiger partial charge in [-0.3, -0.25) is 9.59 Å². The van der Waals surface area contributed by atoms with Crippen molar-refractivity contribution in [2.24, 2.45) is 0 Å². The second-order valence-electron chi connectivity index (χ2n) is 6.44. The fourth-order valence-electron chi connectivity index (χ4n) is 2.94. The minimum absolute atomic E-state index is 0. The lowest BCUT2D eigenvalue weighted by atomic mass is 10.2. The molecule has 1 heterocycles. The van der Waals surface area contributed by atoms with E-state index in [2.05, 4.69) is 5.32 Å². The molecule has 0 spiro atoms. The Morgan fingerprint density at radius 2 is 1.77 bits per heavy atom. The molecule has 26 heavy (non-hydrogen) atoms. The molecule has 1 N–H and O–H groups in total. The summed E-state index contributed by atoms with van der Waals surface area (Å²) in [6, 6.07) is 7.69. The molecule has 0 radical (unpaired) electrons. The number of carbonyl (C=O) groups excluding carboxylic acids is 2. The minimum Gasteiger partial charge on any atom is -0.481 e. The van der Waals surface area contributed by atoms with Crippen molar-refractivity contribution in [2.45, 2.75) is 32.8 Å². The van der Waals surface area contributed by atoms with Crippen LogP contribution in [0, 0.1) is 6.92 Å². The van der Waals surface area contributed by atoms with E-state index in [0.29, 0.717) is 32.6 Å². The second-order valence-corrected chi connectivity index (χ2v) is 6.44. The molecule has 0 aromatic heterocycles. The first-order valence-corrected chi connectivity index (χ1v) is 8.96. The predicted octanol–water partition coefficient (Wildman–Crippen LogP) is 1.85. The van der Waals surface area contributed by atoms with E-state index in [-0.39, 0.29) is 24.2 Å². The van der Waals surface area contributed by atoms with Gasteiger partial charge >= 0.3 is 0 Å². The van der Waals surface area contributed by atoms with E-state index in [4.69, 9.17) is 4.74 Å². The molecule has 1 aromatic carbocycles. The molecule has 0 aliphatic carbocycles. The molecule has 1 saturated heterocycles. The largest absolute Gasteiger partial charge is 0.481 e. The van der Waals surface area contributed by atoms with Crippen molar-refractivity contribution in [2.75, 3.05) is 39.8 Å². The summed E-state index contributed by atoms with van der Waals surface area (Å²) < 4.78 is 5.82. The number of rotatable bonds is 7. The van der Waals surface area contributed by atoms with Crippen LogP contribution in [0.1, 0.15) is 25.3 Å². The smallest absolute Gasteiger partial charge is 0.263 e. The highest BCUT2D eigenvalue weighted by Crippen LogP contribution is 2.18. The van der Waals surface area contributed by atoms with E-state index in [0.717, 1.165) is 24.3 Å². The van der Waals surface area contributed by atoms with Crippen LogP contribution in [0.5, 0.6) is 5.75 Å². The third-order valence-corrected chi connectivity index (χ3v) is 4.51. The maximum atomic E-state index is 12.6. The number of benzene rings is 1. The Morgan fingerprint density at radius 1 is 1.15 bits per heavy atom. The molecule has 6 nitrogen and oxygen atoms in total. The Kier molecular flexibility index (Phi) is 9.44. The summed E-state index contributed by atoms with van der Waals surface area (Å²) in [4.78, 5) is 28.4. The highest BCUT2D eigenvalue weighted by molar-refractivity contribution is 5.85. The number of hydrogen-bond donors (Lipinski definition) is 1. The number of nitrogens with zero attached hydrogens (tertiary/aromatic N) is 2. The van der Waals surface area contributed by atoms with Crippen LogP contribution in [-0.4, -0.2) is 67.5 Å². The molecular formula is C19H30ClN3O3. The van der Waals surface area contributed by atoms with Crippen molar-refractivity contribution in [3.63, 3.8) is 0 Å². The molecule has 2 rings (SSSR count). The van der Waals surface area contributed by atoms with E-state index in [9.17, 15) is 9.59 Å². The Labute approximate surface area is 162 Å². The fourth-order valence-corrected chi connectivity index (χ4v) is 2.94. The number of aryl methyl sites for hydroxylation is 1. The van der Waals surface area contributed by atoms with Gasteiger partial charge in [-0.05, 0) is 45.5 Å². The van der Waals surface area contributed by atoms with Crippen LogP contribution in [0.4, 0.5) is 0 Å². The summed E-state index contributed by atoms with van der Waals surface area (Å²) in [5, 5.41) is 3.05. The van der Waals surface area contributed by atoms with Gasteiger partial charge in [-0.2, -0.15) is 0 Å². The standard InChI is InChI=1S/C19H29N3O3.ClH/c1-15-7-4-5-8-17(15)25-16(2)19(24)22-13-11-21(12-14-22)18(23)9-6-10-20-3;/h4-5,7-8,16,20H,6,9-14H2,1-3H3;1H. The zero-order chi connectivity index (χ0) is 18.2.